The van der Waals surface area contributed by atoms with E-state index in [0.717, 1.165) is 11.5 Å². The van der Waals surface area contributed by atoms with Gasteiger partial charge in [0.2, 0.25) is 11.8 Å². The van der Waals surface area contributed by atoms with E-state index in [0.29, 0.717) is 0 Å². The summed E-state index contributed by atoms with van der Waals surface area (Å²) in [5.74, 6) is -1.72. The average Bonchev–Trinajstić information content (AvgIpc) is 3.03. The van der Waals surface area contributed by atoms with Crippen LogP contribution in [0.3, 0.4) is 0 Å². The van der Waals surface area contributed by atoms with E-state index in [1.807, 2.05) is 0 Å². The van der Waals surface area contributed by atoms with Crippen molar-refractivity contribution in [3.8, 4) is 11.8 Å². The molecule has 1 aliphatic rings. The number of hydrogen-bond donors (Lipinski definition) is 0. The largest absolute Gasteiger partial charge is 0.463 e. The quantitative estimate of drug-likeness (QED) is 0.438. The van der Waals surface area contributed by atoms with E-state index in [1.54, 1.807) is 18.2 Å². The van der Waals surface area contributed by atoms with E-state index in [-0.39, 0.29) is 18.4 Å². The molecule has 4 atom stereocenters. The van der Waals surface area contributed by atoms with Crippen molar-refractivity contribution in [3.05, 3.63) is 47.1 Å². The molecular formula is C20H21N3O9. The Kier molecular flexibility index (Phi) is 7.15. The molecule has 3 heterocycles. The molecule has 0 aliphatic carbocycles. The highest BCUT2D eigenvalue weighted by Gasteiger charge is 2.50. The summed E-state index contributed by atoms with van der Waals surface area (Å²) in [7, 11) is 0. The summed E-state index contributed by atoms with van der Waals surface area (Å²) in [5, 5.41) is 0. The summed E-state index contributed by atoms with van der Waals surface area (Å²) >= 11 is 0. The molecule has 0 N–H and O–H groups in total. The number of nitrogens with zero attached hydrogens (tertiary/aromatic N) is 3. The van der Waals surface area contributed by atoms with E-state index in [2.05, 4.69) is 9.97 Å². The number of ether oxygens (including phenoxy) is 5. The SMILES string of the molecule is CC(=O)OC[C@H]1O[C@@H](n2ccc(Oc3ccccn3)nc2=O)[C@H](OC(C)=O)[C@@H]1OC(C)=O. The minimum atomic E-state index is -1.20. The van der Waals surface area contributed by atoms with Crippen molar-refractivity contribution in [2.75, 3.05) is 6.61 Å². The minimum Gasteiger partial charge on any atom is -0.463 e. The van der Waals surface area contributed by atoms with Crippen molar-refractivity contribution in [1.82, 2.24) is 14.5 Å². The maximum atomic E-state index is 12.7. The van der Waals surface area contributed by atoms with Gasteiger partial charge in [0.05, 0.1) is 0 Å². The second-order valence-electron chi connectivity index (χ2n) is 6.74. The number of aromatic nitrogens is 3. The standard InChI is InChI=1S/C20H21N3O9/c1-11(24)28-10-14-17(29-12(2)25)18(30-13(3)26)19(31-14)23-9-7-16(22-20(23)27)32-15-6-4-5-8-21-15/h4-9,14,17-19H,10H2,1-3H3/t14-,17-,18-,19-/m1/s1. The smallest absolute Gasteiger partial charge is 0.353 e. The fraction of sp³-hybridized carbons (Fsp3) is 0.400. The molecule has 12 heteroatoms. The highest BCUT2D eigenvalue weighted by molar-refractivity contribution is 5.68. The van der Waals surface area contributed by atoms with Gasteiger partial charge in [-0.1, -0.05) is 6.07 Å². The van der Waals surface area contributed by atoms with Crippen LogP contribution in [0.2, 0.25) is 0 Å². The molecule has 2 aromatic heterocycles. The molecule has 1 aliphatic heterocycles. The molecule has 2 aromatic rings. The van der Waals surface area contributed by atoms with E-state index in [9.17, 15) is 19.2 Å². The lowest BCUT2D eigenvalue weighted by atomic mass is 10.1. The Morgan fingerprint density at radius 2 is 1.72 bits per heavy atom. The van der Waals surface area contributed by atoms with Crippen LogP contribution < -0.4 is 10.4 Å². The molecule has 170 valence electrons. The summed E-state index contributed by atoms with van der Waals surface area (Å²) in [5.41, 5.74) is -0.782. The zero-order valence-electron chi connectivity index (χ0n) is 17.5. The van der Waals surface area contributed by atoms with Crippen molar-refractivity contribution in [1.29, 1.82) is 0 Å². The number of hydrogen-bond acceptors (Lipinski definition) is 11. The van der Waals surface area contributed by atoms with Crippen molar-refractivity contribution in [3.63, 3.8) is 0 Å². The first-order valence-corrected chi connectivity index (χ1v) is 9.56. The van der Waals surface area contributed by atoms with E-state index in [4.69, 9.17) is 23.7 Å². The summed E-state index contributed by atoms with van der Waals surface area (Å²) in [4.78, 5) is 55.0. The predicted octanol–water partition coefficient (Wildman–Crippen LogP) is 0.754. The Balaban J connectivity index is 1.90. The molecule has 0 bridgehead atoms. The first kappa shape index (κ1) is 22.9. The Morgan fingerprint density at radius 3 is 2.31 bits per heavy atom. The van der Waals surface area contributed by atoms with Crippen molar-refractivity contribution >= 4 is 17.9 Å². The Morgan fingerprint density at radius 1 is 1.00 bits per heavy atom. The van der Waals surface area contributed by atoms with Crippen molar-refractivity contribution in [2.45, 2.75) is 45.3 Å². The number of carbonyl (C=O) groups excluding carboxylic acids is 3. The number of pyridine rings is 1. The van der Waals surface area contributed by atoms with Gasteiger partial charge in [-0.25, -0.2) is 9.78 Å². The van der Waals surface area contributed by atoms with Gasteiger partial charge in [-0.2, -0.15) is 4.98 Å². The molecule has 1 fully saturated rings. The number of esters is 3. The van der Waals surface area contributed by atoms with Gasteiger partial charge in [-0.15, -0.1) is 0 Å². The third-order valence-corrected chi connectivity index (χ3v) is 4.27. The van der Waals surface area contributed by atoms with Crippen LogP contribution in [-0.4, -0.2) is 57.4 Å². The third kappa shape index (κ3) is 5.66. The maximum Gasteiger partial charge on any atom is 0.353 e. The molecule has 32 heavy (non-hydrogen) atoms. The Hall–Kier alpha value is -3.80. The highest BCUT2D eigenvalue weighted by Crippen LogP contribution is 2.33. The van der Waals surface area contributed by atoms with Crippen LogP contribution in [0.15, 0.2) is 41.5 Å². The van der Waals surface area contributed by atoms with Gasteiger partial charge in [0.15, 0.2) is 18.4 Å². The van der Waals surface area contributed by atoms with Gasteiger partial charge in [0, 0.05) is 45.3 Å². The molecule has 0 aromatic carbocycles. The molecular weight excluding hydrogens is 426 g/mol. The second kappa shape index (κ2) is 10.0. The van der Waals surface area contributed by atoms with Crippen LogP contribution in [0.1, 0.15) is 27.0 Å². The zero-order chi connectivity index (χ0) is 23.3. The topological polar surface area (TPSA) is 145 Å². The Bertz CT molecular complexity index is 1040. The van der Waals surface area contributed by atoms with Gasteiger partial charge >= 0.3 is 23.6 Å². The lowest BCUT2D eigenvalue weighted by Gasteiger charge is -2.23. The fourth-order valence-electron chi connectivity index (χ4n) is 3.08. The normalized spacial score (nSPS) is 22.1. The van der Waals surface area contributed by atoms with E-state index >= 15 is 0 Å². The molecule has 3 rings (SSSR count). The van der Waals surface area contributed by atoms with Crippen molar-refractivity contribution < 1.29 is 38.1 Å². The van der Waals surface area contributed by atoms with Gasteiger partial charge in [0.1, 0.15) is 12.7 Å². The van der Waals surface area contributed by atoms with Crippen LogP contribution >= 0.6 is 0 Å². The monoisotopic (exact) mass is 447 g/mol. The van der Waals surface area contributed by atoms with Gasteiger partial charge in [-0.05, 0) is 6.07 Å². The Labute approximate surface area is 182 Å². The van der Waals surface area contributed by atoms with Crippen LogP contribution in [0.4, 0.5) is 0 Å². The molecule has 0 radical (unpaired) electrons. The second-order valence-corrected chi connectivity index (χ2v) is 6.74. The predicted molar refractivity (Wildman–Crippen MR) is 104 cm³/mol. The summed E-state index contributed by atoms with van der Waals surface area (Å²) < 4.78 is 27.8. The molecule has 0 amide bonds. The lowest BCUT2D eigenvalue weighted by Crippen LogP contribution is -2.41. The van der Waals surface area contributed by atoms with Crippen LogP contribution in [-0.2, 0) is 33.3 Å². The molecule has 0 saturated carbocycles. The molecule has 12 nitrogen and oxygen atoms in total. The van der Waals surface area contributed by atoms with Crippen molar-refractivity contribution in [2.24, 2.45) is 0 Å². The number of rotatable bonds is 7. The van der Waals surface area contributed by atoms with Crippen LogP contribution in [0.5, 0.6) is 11.8 Å². The summed E-state index contributed by atoms with van der Waals surface area (Å²) in [6.45, 7) is 3.24. The highest BCUT2D eigenvalue weighted by atomic mass is 16.7. The third-order valence-electron chi connectivity index (χ3n) is 4.27. The van der Waals surface area contributed by atoms with E-state index < -0.39 is 48.1 Å². The maximum absolute atomic E-state index is 12.7. The van der Waals surface area contributed by atoms with Gasteiger partial charge in [-0.3, -0.25) is 19.0 Å². The van der Waals surface area contributed by atoms with Gasteiger partial charge in [0.25, 0.3) is 0 Å². The van der Waals surface area contributed by atoms with Crippen LogP contribution in [0.25, 0.3) is 0 Å². The van der Waals surface area contributed by atoms with E-state index in [1.165, 1.54) is 32.3 Å². The minimum absolute atomic E-state index is 0.0139. The summed E-state index contributed by atoms with van der Waals surface area (Å²) in [6.07, 6.45) is -1.67. The van der Waals surface area contributed by atoms with Crippen LogP contribution in [0, 0.1) is 0 Å². The lowest BCUT2D eigenvalue weighted by molar-refractivity contribution is -0.166. The molecule has 1 saturated heterocycles. The zero-order valence-corrected chi connectivity index (χ0v) is 17.5. The summed E-state index contributed by atoms with van der Waals surface area (Å²) in [6, 6.07) is 6.40. The first-order valence-electron chi connectivity index (χ1n) is 9.56. The number of carbonyl (C=O) groups is 3. The molecule has 0 spiro atoms. The first-order chi connectivity index (χ1) is 15.2. The fourth-order valence-corrected chi connectivity index (χ4v) is 3.08. The van der Waals surface area contributed by atoms with Gasteiger partial charge < -0.3 is 23.7 Å². The molecule has 0 unspecified atom stereocenters. The average molecular weight is 447 g/mol.